The van der Waals surface area contributed by atoms with Gasteiger partial charge < -0.3 is 20.3 Å². The Bertz CT molecular complexity index is 198. The molecule has 5 nitrogen and oxygen atoms in total. The molecule has 1 atom stereocenters. The van der Waals surface area contributed by atoms with Crippen molar-refractivity contribution in [3.05, 3.63) is 0 Å². The summed E-state index contributed by atoms with van der Waals surface area (Å²) in [7, 11) is 1.80. The van der Waals surface area contributed by atoms with E-state index in [0.717, 1.165) is 0 Å². The van der Waals surface area contributed by atoms with Crippen LogP contribution in [0, 0.1) is 0 Å². The van der Waals surface area contributed by atoms with Crippen LogP contribution < -0.4 is 5.73 Å². The van der Waals surface area contributed by atoms with Gasteiger partial charge in [-0.15, -0.1) is 0 Å². The summed E-state index contributed by atoms with van der Waals surface area (Å²) in [6.45, 7) is 4.94. The molecule has 0 saturated carbocycles. The SMILES string of the molecule is CCN(C)C(=O)N1CCOCC1CN. The van der Waals surface area contributed by atoms with Gasteiger partial charge in [-0.1, -0.05) is 0 Å². The van der Waals surface area contributed by atoms with Crippen LogP contribution in [-0.2, 0) is 4.74 Å². The van der Waals surface area contributed by atoms with Gasteiger partial charge in [-0.25, -0.2) is 4.79 Å². The van der Waals surface area contributed by atoms with E-state index in [1.165, 1.54) is 0 Å². The summed E-state index contributed by atoms with van der Waals surface area (Å²) >= 11 is 0. The molecule has 0 radical (unpaired) electrons. The summed E-state index contributed by atoms with van der Waals surface area (Å²) in [6.07, 6.45) is 0. The fraction of sp³-hybridized carbons (Fsp3) is 0.889. The van der Waals surface area contributed by atoms with Crippen LogP contribution in [0.25, 0.3) is 0 Å². The van der Waals surface area contributed by atoms with E-state index in [1.807, 2.05) is 6.92 Å². The van der Waals surface area contributed by atoms with Crippen molar-refractivity contribution in [3.63, 3.8) is 0 Å². The average Bonchev–Trinajstić information content (AvgIpc) is 2.26. The number of carbonyl (C=O) groups is 1. The van der Waals surface area contributed by atoms with Crippen LogP contribution in [0.4, 0.5) is 4.79 Å². The van der Waals surface area contributed by atoms with Crippen LogP contribution in [-0.4, -0.2) is 61.8 Å². The van der Waals surface area contributed by atoms with Crippen molar-refractivity contribution >= 4 is 6.03 Å². The van der Waals surface area contributed by atoms with Crippen LogP contribution in [0.1, 0.15) is 6.92 Å². The van der Waals surface area contributed by atoms with Crippen LogP contribution in [0.3, 0.4) is 0 Å². The van der Waals surface area contributed by atoms with E-state index in [2.05, 4.69) is 0 Å². The second-order valence-corrected chi connectivity index (χ2v) is 3.45. The number of hydrogen-bond donors (Lipinski definition) is 1. The summed E-state index contributed by atoms with van der Waals surface area (Å²) in [5, 5.41) is 0. The third-order valence-electron chi connectivity index (χ3n) is 2.55. The third kappa shape index (κ3) is 2.36. The largest absolute Gasteiger partial charge is 0.377 e. The average molecular weight is 201 g/mol. The lowest BCUT2D eigenvalue weighted by Crippen LogP contribution is -2.55. The second-order valence-electron chi connectivity index (χ2n) is 3.45. The zero-order valence-corrected chi connectivity index (χ0v) is 8.90. The van der Waals surface area contributed by atoms with Crippen molar-refractivity contribution in [1.82, 2.24) is 9.80 Å². The lowest BCUT2D eigenvalue weighted by Gasteiger charge is -2.37. The molecule has 82 valence electrons. The lowest BCUT2D eigenvalue weighted by molar-refractivity contribution is 0.00897. The summed E-state index contributed by atoms with van der Waals surface area (Å²) < 4.78 is 5.27. The number of amides is 2. The molecule has 14 heavy (non-hydrogen) atoms. The minimum atomic E-state index is 0.0326. The van der Waals surface area contributed by atoms with Crippen LogP contribution in [0.2, 0.25) is 0 Å². The van der Waals surface area contributed by atoms with Gasteiger partial charge in [0, 0.05) is 26.7 Å². The smallest absolute Gasteiger partial charge is 0.320 e. The molecule has 0 aromatic heterocycles. The topological polar surface area (TPSA) is 58.8 Å². The summed E-state index contributed by atoms with van der Waals surface area (Å²) in [5.41, 5.74) is 5.58. The molecular weight excluding hydrogens is 182 g/mol. The van der Waals surface area contributed by atoms with E-state index >= 15 is 0 Å². The molecule has 1 unspecified atom stereocenters. The number of nitrogens with two attached hydrogens (primary N) is 1. The molecular formula is C9H19N3O2. The molecule has 1 heterocycles. The molecule has 1 saturated heterocycles. The second kappa shape index (κ2) is 5.17. The molecule has 1 rings (SSSR count). The zero-order chi connectivity index (χ0) is 10.6. The van der Waals surface area contributed by atoms with Crippen molar-refractivity contribution in [2.75, 3.05) is 39.9 Å². The first-order valence-electron chi connectivity index (χ1n) is 5.00. The molecule has 1 fully saturated rings. The standard InChI is InChI=1S/C9H19N3O2/c1-3-11(2)9(13)12-4-5-14-7-8(12)6-10/h8H,3-7,10H2,1-2H3. The van der Waals surface area contributed by atoms with Gasteiger partial charge in [0.05, 0.1) is 19.3 Å². The maximum absolute atomic E-state index is 11.8. The summed E-state index contributed by atoms with van der Waals surface area (Å²) in [4.78, 5) is 15.3. The molecule has 1 aliphatic rings. The van der Waals surface area contributed by atoms with Crippen molar-refractivity contribution in [2.45, 2.75) is 13.0 Å². The van der Waals surface area contributed by atoms with Gasteiger partial charge in [-0.3, -0.25) is 0 Å². The number of rotatable bonds is 2. The van der Waals surface area contributed by atoms with Gasteiger partial charge >= 0.3 is 6.03 Å². The van der Waals surface area contributed by atoms with Crippen molar-refractivity contribution in [3.8, 4) is 0 Å². The Hall–Kier alpha value is -0.810. The van der Waals surface area contributed by atoms with Crippen LogP contribution >= 0.6 is 0 Å². The van der Waals surface area contributed by atoms with Crippen molar-refractivity contribution in [2.24, 2.45) is 5.73 Å². The first-order chi connectivity index (χ1) is 6.70. The monoisotopic (exact) mass is 201 g/mol. The van der Waals surface area contributed by atoms with E-state index in [-0.39, 0.29) is 12.1 Å². The summed E-state index contributed by atoms with van der Waals surface area (Å²) in [6, 6.07) is 0.0801. The van der Waals surface area contributed by atoms with Gasteiger partial charge in [0.25, 0.3) is 0 Å². The third-order valence-corrected chi connectivity index (χ3v) is 2.55. The van der Waals surface area contributed by atoms with Gasteiger partial charge in [-0.05, 0) is 6.92 Å². The Labute approximate surface area is 84.8 Å². The van der Waals surface area contributed by atoms with E-state index in [0.29, 0.717) is 32.8 Å². The summed E-state index contributed by atoms with van der Waals surface area (Å²) in [5.74, 6) is 0. The highest BCUT2D eigenvalue weighted by atomic mass is 16.5. The molecule has 5 heteroatoms. The molecule has 1 aliphatic heterocycles. The van der Waals surface area contributed by atoms with Gasteiger partial charge in [0.15, 0.2) is 0 Å². The Kier molecular flexibility index (Phi) is 4.16. The molecule has 0 aromatic rings. The number of hydrogen-bond acceptors (Lipinski definition) is 3. The Morgan fingerprint density at radius 1 is 1.71 bits per heavy atom. The van der Waals surface area contributed by atoms with E-state index in [9.17, 15) is 4.79 Å². The Balaban J connectivity index is 2.58. The number of urea groups is 1. The first-order valence-corrected chi connectivity index (χ1v) is 5.00. The number of ether oxygens (including phenoxy) is 1. The fourth-order valence-electron chi connectivity index (χ4n) is 1.46. The predicted molar refractivity (Wildman–Crippen MR) is 54.1 cm³/mol. The predicted octanol–water partition coefficient (Wildman–Crippen LogP) is -0.282. The van der Waals surface area contributed by atoms with E-state index < -0.39 is 0 Å². The first kappa shape index (κ1) is 11.3. The molecule has 2 amide bonds. The zero-order valence-electron chi connectivity index (χ0n) is 8.90. The normalized spacial score (nSPS) is 22.2. The van der Waals surface area contributed by atoms with Crippen LogP contribution in [0.5, 0.6) is 0 Å². The quantitative estimate of drug-likeness (QED) is 0.668. The Morgan fingerprint density at radius 3 is 3.00 bits per heavy atom. The fourth-order valence-corrected chi connectivity index (χ4v) is 1.46. The Morgan fingerprint density at radius 2 is 2.43 bits per heavy atom. The number of carbonyl (C=O) groups excluding carboxylic acids is 1. The van der Waals surface area contributed by atoms with E-state index in [4.69, 9.17) is 10.5 Å². The molecule has 2 N–H and O–H groups in total. The molecule has 0 aromatic carbocycles. The van der Waals surface area contributed by atoms with E-state index in [1.54, 1.807) is 16.8 Å². The minimum absolute atomic E-state index is 0.0326. The van der Waals surface area contributed by atoms with Gasteiger partial charge in [-0.2, -0.15) is 0 Å². The highest BCUT2D eigenvalue weighted by Gasteiger charge is 2.27. The molecule has 0 aliphatic carbocycles. The molecule has 0 bridgehead atoms. The number of morpholine rings is 1. The minimum Gasteiger partial charge on any atom is -0.377 e. The maximum Gasteiger partial charge on any atom is 0.320 e. The van der Waals surface area contributed by atoms with Crippen molar-refractivity contribution in [1.29, 1.82) is 0 Å². The van der Waals surface area contributed by atoms with Crippen LogP contribution in [0.15, 0.2) is 0 Å². The number of nitrogens with zero attached hydrogens (tertiary/aromatic N) is 2. The molecule has 0 spiro atoms. The van der Waals surface area contributed by atoms with Crippen molar-refractivity contribution < 1.29 is 9.53 Å². The highest BCUT2D eigenvalue weighted by molar-refractivity contribution is 5.74. The van der Waals surface area contributed by atoms with Gasteiger partial charge in [0.1, 0.15) is 0 Å². The van der Waals surface area contributed by atoms with Gasteiger partial charge in [0.2, 0.25) is 0 Å². The lowest BCUT2D eigenvalue weighted by atomic mass is 10.2. The highest BCUT2D eigenvalue weighted by Crippen LogP contribution is 2.08. The maximum atomic E-state index is 11.8.